The van der Waals surface area contributed by atoms with Gasteiger partial charge in [0.15, 0.2) is 0 Å². The molecule has 1 aromatic rings. The summed E-state index contributed by atoms with van der Waals surface area (Å²) in [5.74, 6) is 1.45. The number of hydrogen-bond acceptors (Lipinski definition) is 3. The topological polar surface area (TPSA) is 32.3 Å². The Morgan fingerprint density at radius 1 is 1.38 bits per heavy atom. The molecule has 1 rings (SSSR count). The van der Waals surface area contributed by atoms with Gasteiger partial charge in [-0.15, -0.1) is 11.8 Å². The van der Waals surface area contributed by atoms with Crippen LogP contribution in [0.25, 0.3) is 0 Å². The Morgan fingerprint density at radius 2 is 2.19 bits per heavy atom. The van der Waals surface area contributed by atoms with Gasteiger partial charge in [-0.3, -0.25) is 0 Å². The predicted molar refractivity (Wildman–Crippen MR) is 70.8 cm³/mol. The van der Waals surface area contributed by atoms with Crippen molar-refractivity contribution >= 4 is 11.8 Å². The third kappa shape index (κ3) is 5.54. The van der Waals surface area contributed by atoms with Crippen LogP contribution in [-0.2, 0) is 6.54 Å². The molecule has 0 heterocycles. The van der Waals surface area contributed by atoms with Crippen LogP contribution in [0.4, 0.5) is 0 Å². The monoisotopic (exact) mass is 239 g/mol. The van der Waals surface area contributed by atoms with E-state index in [1.54, 1.807) is 11.8 Å². The number of nitrogens with one attached hydrogen (secondary N) is 1. The molecule has 2 N–H and O–H groups in total. The van der Waals surface area contributed by atoms with Crippen LogP contribution in [0.2, 0.25) is 0 Å². The molecule has 0 amide bonds. The third-order valence-corrected chi connectivity index (χ3v) is 3.11. The minimum absolute atomic E-state index is 0.237. The lowest BCUT2D eigenvalue weighted by Gasteiger charge is -2.08. The zero-order valence-corrected chi connectivity index (χ0v) is 10.9. The highest BCUT2D eigenvalue weighted by atomic mass is 32.2. The summed E-state index contributed by atoms with van der Waals surface area (Å²) in [6, 6.07) is 8.49. The molecule has 0 aliphatic carbocycles. The van der Waals surface area contributed by atoms with Crippen molar-refractivity contribution < 1.29 is 5.11 Å². The summed E-state index contributed by atoms with van der Waals surface area (Å²) in [6.45, 7) is 6.63. The van der Waals surface area contributed by atoms with Crippen molar-refractivity contribution in [1.82, 2.24) is 5.32 Å². The molecule has 2 nitrogen and oxygen atoms in total. The van der Waals surface area contributed by atoms with Crippen LogP contribution >= 0.6 is 11.8 Å². The summed E-state index contributed by atoms with van der Waals surface area (Å²) in [5.41, 5.74) is 1.31. The molecule has 0 unspecified atom stereocenters. The Morgan fingerprint density at radius 3 is 2.88 bits per heavy atom. The maximum absolute atomic E-state index is 8.77. The summed E-state index contributed by atoms with van der Waals surface area (Å²) in [7, 11) is 0. The van der Waals surface area contributed by atoms with Crippen LogP contribution in [-0.4, -0.2) is 24.0 Å². The molecule has 0 aliphatic heterocycles. The quantitative estimate of drug-likeness (QED) is 0.717. The largest absolute Gasteiger partial charge is 0.396 e. The van der Waals surface area contributed by atoms with Crippen molar-refractivity contribution in [3.63, 3.8) is 0 Å². The first-order chi connectivity index (χ1) is 7.72. The van der Waals surface area contributed by atoms with Crippen molar-refractivity contribution in [3.05, 3.63) is 29.8 Å². The number of thioether (sulfide) groups is 1. The van der Waals surface area contributed by atoms with Crippen molar-refractivity contribution in [2.24, 2.45) is 5.92 Å². The van der Waals surface area contributed by atoms with E-state index in [9.17, 15) is 0 Å². The van der Waals surface area contributed by atoms with Gasteiger partial charge in [0.25, 0.3) is 0 Å². The van der Waals surface area contributed by atoms with Gasteiger partial charge < -0.3 is 10.4 Å². The van der Waals surface area contributed by atoms with E-state index in [-0.39, 0.29) is 6.61 Å². The van der Waals surface area contributed by atoms with Gasteiger partial charge in [0.2, 0.25) is 0 Å². The van der Waals surface area contributed by atoms with Gasteiger partial charge in [0.1, 0.15) is 0 Å². The van der Waals surface area contributed by atoms with E-state index < -0.39 is 0 Å². The van der Waals surface area contributed by atoms with Gasteiger partial charge >= 0.3 is 0 Å². The smallest absolute Gasteiger partial charge is 0.0525 e. The van der Waals surface area contributed by atoms with E-state index in [2.05, 4.69) is 43.4 Å². The van der Waals surface area contributed by atoms with Crippen molar-refractivity contribution in [2.45, 2.75) is 25.3 Å². The zero-order valence-electron chi connectivity index (χ0n) is 10.1. The van der Waals surface area contributed by atoms with Gasteiger partial charge in [-0.05, 0) is 30.2 Å². The highest BCUT2D eigenvalue weighted by Crippen LogP contribution is 2.18. The van der Waals surface area contributed by atoms with Crippen LogP contribution in [0.3, 0.4) is 0 Å². The van der Waals surface area contributed by atoms with E-state index in [1.165, 1.54) is 10.5 Å². The second kappa shape index (κ2) is 7.71. The van der Waals surface area contributed by atoms with E-state index >= 15 is 0 Å². The van der Waals surface area contributed by atoms with Crippen molar-refractivity contribution in [1.29, 1.82) is 0 Å². The standard InChI is InChI=1S/C13H21NOS/c1-11(2)9-14-10-12-4-3-5-13(8-12)16-7-6-15/h3-5,8,11,14-15H,6-7,9-10H2,1-2H3. The van der Waals surface area contributed by atoms with E-state index in [0.717, 1.165) is 18.8 Å². The molecule has 0 atom stereocenters. The first-order valence-corrected chi connectivity index (χ1v) is 6.74. The molecule has 90 valence electrons. The summed E-state index contributed by atoms with van der Waals surface area (Å²) < 4.78 is 0. The minimum atomic E-state index is 0.237. The first-order valence-electron chi connectivity index (χ1n) is 5.75. The van der Waals surface area contributed by atoms with Gasteiger partial charge in [0.05, 0.1) is 6.61 Å². The molecule has 0 radical (unpaired) electrons. The van der Waals surface area contributed by atoms with Crippen LogP contribution < -0.4 is 5.32 Å². The lowest BCUT2D eigenvalue weighted by Crippen LogP contribution is -2.18. The maximum Gasteiger partial charge on any atom is 0.0525 e. The molecule has 0 fully saturated rings. The predicted octanol–water partition coefficient (Wildman–Crippen LogP) is 2.52. The number of rotatable bonds is 7. The Balaban J connectivity index is 2.40. The van der Waals surface area contributed by atoms with Gasteiger partial charge in [-0.2, -0.15) is 0 Å². The molecule has 3 heteroatoms. The fourth-order valence-corrected chi connectivity index (χ4v) is 2.15. The lowest BCUT2D eigenvalue weighted by atomic mass is 10.2. The van der Waals surface area contributed by atoms with Gasteiger partial charge in [-0.1, -0.05) is 26.0 Å². The summed E-state index contributed by atoms with van der Waals surface area (Å²) in [5, 5.41) is 12.2. The van der Waals surface area contributed by atoms with Crippen molar-refractivity contribution in [2.75, 3.05) is 18.9 Å². The molecular formula is C13H21NOS. The Bertz CT molecular complexity index is 302. The molecule has 0 saturated heterocycles. The molecule has 1 aromatic carbocycles. The van der Waals surface area contributed by atoms with Crippen LogP contribution in [0.5, 0.6) is 0 Å². The minimum Gasteiger partial charge on any atom is -0.396 e. The summed E-state index contributed by atoms with van der Waals surface area (Å²) >= 11 is 1.70. The highest BCUT2D eigenvalue weighted by Gasteiger charge is 1.97. The summed E-state index contributed by atoms with van der Waals surface area (Å²) in [4.78, 5) is 1.23. The molecule has 0 bridgehead atoms. The molecular weight excluding hydrogens is 218 g/mol. The first kappa shape index (κ1) is 13.6. The maximum atomic E-state index is 8.77. The fraction of sp³-hybridized carbons (Fsp3) is 0.538. The number of benzene rings is 1. The zero-order chi connectivity index (χ0) is 11.8. The van der Waals surface area contributed by atoms with Crippen molar-refractivity contribution in [3.8, 4) is 0 Å². The molecule has 0 aromatic heterocycles. The summed E-state index contributed by atoms with van der Waals surface area (Å²) in [6.07, 6.45) is 0. The SMILES string of the molecule is CC(C)CNCc1cccc(SCCO)c1. The second-order valence-electron chi connectivity index (χ2n) is 4.24. The number of aliphatic hydroxyl groups is 1. The van der Waals surface area contributed by atoms with Gasteiger partial charge in [0, 0.05) is 17.2 Å². The Labute approximate surface area is 102 Å². The normalized spacial score (nSPS) is 11.0. The molecule has 0 aliphatic rings. The van der Waals surface area contributed by atoms with Crippen LogP contribution in [0.1, 0.15) is 19.4 Å². The Kier molecular flexibility index (Phi) is 6.53. The van der Waals surface area contributed by atoms with E-state index in [1.807, 2.05) is 0 Å². The average molecular weight is 239 g/mol. The van der Waals surface area contributed by atoms with E-state index in [0.29, 0.717) is 5.92 Å². The highest BCUT2D eigenvalue weighted by molar-refractivity contribution is 7.99. The Hall–Kier alpha value is -0.510. The molecule has 0 saturated carbocycles. The van der Waals surface area contributed by atoms with Crippen LogP contribution in [0, 0.1) is 5.92 Å². The number of aliphatic hydroxyl groups excluding tert-OH is 1. The molecule has 0 spiro atoms. The third-order valence-electron chi connectivity index (χ3n) is 2.14. The average Bonchev–Trinajstić information content (AvgIpc) is 2.26. The number of hydrogen-bond donors (Lipinski definition) is 2. The van der Waals surface area contributed by atoms with E-state index in [4.69, 9.17) is 5.11 Å². The molecule has 16 heavy (non-hydrogen) atoms. The van der Waals surface area contributed by atoms with Gasteiger partial charge in [-0.25, -0.2) is 0 Å². The van der Waals surface area contributed by atoms with Crippen LogP contribution in [0.15, 0.2) is 29.2 Å². The lowest BCUT2D eigenvalue weighted by molar-refractivity contribution is 0.322. The second-order valence-corrected chi connectivity index (χ2v) is 5.41. The fourth-order valence-electron chi connectivity index (χ4n) is 1.41.